The Morgan fingerprint density at radius 3 is 2.60 bits per heavy atom. The molecule has 25 heavy (non-hydrogen) atoms. The molecule has 0 radical (unpaired) electrons. The second-order valence-electron chi connectivity index (χ2n) is 6.60. The van der Waals surface area contributed by atoms with Crippen LogP contribution in [0.15, 0.2) is 30.3 Å². The lowest BCUT2D eigenvalue weighted by Gasteiger charge is -2.40. The number of hydrogen-bond acceptors (Lipinski definition) is 5. The van der Waals surface area contributed by atoms with Crippen LogP contribution in [0.1, 0.15) is 32.6 Å². The second-order valence-corrected chi connectivity index (χ2v) is 7.59. The van der Waals surface area contributed by atoms with E-state index >= 15 is 0 Å². The van der Waals surface area contributed by atoms with E-state index in [-0.39, 0.29) is 11.4 Å². The predicted octanol–water partition coefficient (Wildman–Crippen LogP) is 3.85. The number of ether oxygens (including phenoxy) is 2. The molecule has 1 aliphatic rings. The van der Waals surface area contributed by atoms with E-state index in [0.717, 1.165) is 44.6 Å². The first kappa shape index (κ1) is 20.1. The number of carbonyl (C=O) groups excluding carboxylic acids is 1. The number of benzene rings is 1. The number of piperidine rings is 1. The minimum absolute atomic E-state index is 0.0459. The number of thioether (sulfide) groups is 1. The van der Waals surface area contributed by atoms with Crippen LogP contribution in [0.4, 0.5) is 0 Å². The molecule has 0 spiro atoms. The van der Waals surface area contributed by atoms with Crippen LogP contribution in [0.25, 0.3) is 0 Å². The highest BCUT2D eigenvalue weighted by Gasteiger charge is 2.42. The number of carbonyl (C=O) groups is 1. The molecule has 1 saturated heterocycles. The molecule has 0 aromatic heterocycles. The third kappa shape index (κ3) is 6.23. The molecule has 0 unspecified atom stereocenters. The summed E-state index contributed by atoms with van der Waals surface area (Å²) in [5, 5.41) is 0. The minimum Gasteiger partial charge on any atom is -0.494 e. The van der Waals surface area contributed by atoms with Gasteiger partial charge in [0, 0.05) is 0 Å². The quantitative estimate of drug-likeness (QED) is 0.465. The largest absolute Gasteiger partial charge is 0.494 e. The van der Waals surface area contributed by atoms with E-state index in [1.165, 1.54) is 12.2 Å². The summed E-state index contributed by atoms with van der Waals surface area (Å²) in [4.78, 5) is 15.1. The zero-order valence-corrected chi connectivity index (χ0v) is 16.4. The number of hydrogen-bond donors (Lipinski definition) is 0. The summed E-state index contributed by atoms with van der Waals surface area (Å²) in [7, 11) is 0. The van der Waals surface area contributed by atoms with Gasteiger partial charge in [-0.1, -0.05) is 18.2 Å². The SMILES string of the molecule is CCOC(=O)C1(CCOc2ccccc2)CCN(CCCSC)CC1. The van der Waals surface area contributed by atoms with E-state index in [4.69, 9.17) is 9.47 Å². The topological polar surface area (TPSA) is 38.8 Å². The van der Waals surface area contributed by atoms with Crippen molar-refractivity contribution in [2.75, 3.05) is 44.9 Å². The van der Waals surface area contributed by atoms with Crippen molar-refractivity contribution < 1.29 is 14.3 Å². The molecule has 1 aromatic rings. The Bertz CT molecular complexity index is 501. The van der Waals surface area contributed by atoms with Crippen LogP contribution in [0.5, 0.6) is 5.75 Å². The smallest absolute Gasteiger partial charge is 0.312 e. The maximum absolute atomic E-state index is 12.6. The number of para-hydroxylation sites is 1. The molecule has 1 aliphatic heterocycles. The summed E-state index contributed by atoms with van der Waals surface area (Å²) in [6.45, 7) is 5.94. The Balaban J connectivity index is 1.88. The lowest BCUT2D eigenvalue weighted by molar-refractivity contribution is -0.159. The van der Waals surface area contributed by atoms with Gasteiger partial charge in [0.25, 0.3) is 0 Å². The fraction of sp³-hybridized carbons (Fsp3) is 0.650. The molecular formula is C20H31NO3S. The van der Waals surface area contributed by atoms with E-state index < -0.39 is 0 Å². The van der Waals surface area contributed by atoms with Gasteiger partial charge in [-0.2, -0.15) is 11.8 Å². The summed E-state index contributed by atoms with van der Waals surface area (Å²) in [6.07, 6.45) is 5.81. The van der Waals surface area contributed by atoms with Gasteiger partial charge in [-0.25, -0.2) is 0 Å². The van der Waals surface area contributed by atoms with E-state index in [0.29, 0.717) is 13.2 Å². The Morgan fingerprint density at radius 2 is 1.96 bits per heavy atom. The summed E-state index contributed by atoms with van der Waals surface area (Å²) < 4.78 is 11.2. The van der Waals surface area contributed by atoms with Crippen LogP contribution in [0.3, 0.4) is 0 Å². The standard InChI is InChI=1S/C20H31NO3S/c1-3-23-19(22)20(12-16-24-18-8-5-4-6-9-18)10-14-21(15-11-20)13-7-17-25-2/h4-6,8-9H,3,7,10-17H2,1-2H3. The van der Waals surface area contributed by atoms with Crippen molar-refractivity contribution in [1.29, 1.82) is 0 Å². The Kier molecular flexibility index (Phi) is 8.62. The van der Waals surface area contributed by atoms with Gasteiger partial charge in [-0.3, -0.25) is 4.79 Å². The second kappa shape index (κ2) is 10.7. The molecule has 1 fully saturated rings. The summed E-state index contributed by atoms with van der Waals surface area (Å²) in [5.41, 5.74) is -0.388. The molecule has 140 valence electrons. The number of esters is 1. The van der Waals surface area contributed by atoms with Gasteiger partial charge >= 0.3 is 5.97 Å². The Morgan fingerprint density at radius 1 is 1.24 bits per heavy atom. The van der Waals surface area contributed by atoms with Crippen molar-refractivity contribution in [1.82, 2.24) is 4.90 Å². The third-order valence-electron chi connectivity index (χ3n) is 4.94. The molecule has 0 amide bonds. The molecule has 0 saturated carbocycles. The van der Waals surface area contributed by atoms with Gasteiger partial charge in [0.2, 0.25) is 0 Å². The van der Waals surface area contributed by atoms with E-state index in [2.05, 4.69) is 11.2 Å². The maximum Gasteiger partial charge on any atom is 0.312 e. The average molecular weight is 366 g/mol. The first-order valence-corrected chi connectivity index (χ1v) is 10.7. The molecule has 5 heteroatoms. The molecule has 0 bridgehead atoms. The number of likely N-dealkylation sites (tertiary alicyclic amines) is 1. The summed E-state index contributed by atoms with van der Waals surface area (Å²) in [6, 6.07) is 9.80. The molecule has 0 aliphatic carbocycles. The highest BCUT2D eigenvalue weighted by atomic mass is 32.2. The van der Waals surface area contributed by atoms with Crippen molar-refractivity contribution in [3.63, 3.8) is 0 Å². The molecular weight excluding hydrogens is 334 g/mol. The normalized spacial score (nSPS) is 17.2. The van der Waals surface area contributed by atoms with Gasteiger partial charge in [0.05, 0.1) is 18.6 Å². The van der Waals surface area contributed by atoms with E-state index in [9.17, 15) is 4.79 Å². The lowest BCUT2D eigenvalue weighted by atomic mass is 9.75. The van der Waals surface area contributed by atoms with Crippen molar-refractivity contribution >= 4 is 17.7 Å². The summed E-state index contributed by atoms with van der Waals surface area (Å²) >= 11 is 1.89. The molecule has 1 aromatic carbocycles. The zero-order valence-electron chi connectivity index (χ0n) is 15.5. The fourth-order valence-electron chi connectivity index (χ4n) is 3.36. The van der Waals surface area contributed by atoms with Crippen molar-refractivity contribution in [2.45, 2.75) is 32.6 Å². The van der Waals surface area contributed by atoms with Gasteiger partial charge in [-0.05, 0) is 76.4 Å². The van der Waals surface area contributed by atoms with E-state index in [1.807, 2.05) is 49.0 Å². The van der Waals surface area contributed by atoms with Crippen LogP contribution in [-0.4, -0.2) is 55.7 Å². The van der Waals surface area contributed by atoms with Gasteiger partial charge in [-0.15, -0.1) is 0 Å². The van der Waals surface area contributed by atoms with Crippen molar-refractivity contribution in [3.8, 4) is 5.75 Å². The van der Waals surface area contributed by atoms with Crippen LogP contribution >= 0.6 is 11.8 Å². The maximum atomic E-state index is 12.6. The highest BCUT2D eigenvalue weighted by molar-refractivity contribution is 7.98. The fourth-order valence-corrected chi connectivity index (χ4v) is 3.78. The first-order valence-electron chi connectivity index (χ1n) is 9.26. The minimum atomic E-state index is -0.388. The van der Waals surface area contributed by atoms with Crippen LogP contribution in [0.2, 0.25) is 0 Å². The number of nitrogens with zero attached hydrogens (tertiary/aromatic N) is 1. The van der Waals surface area contributed by atoms with Crippen molar-refractivity contribution in [2.24, 2.45) is 5.41 Å². The van der Waals surface area contributed by atoms with Crippen molar-refractivity contribution in [3.05, 3.63) is 30.3 Å². The Labute approximate surface area is 156 Å². The molecule has 4 nitrogen and oxygen atoms in total. The van der Waals surface area contributed by atoms with Gasteiger partial charge < -0.3 is 14.4 Å². The Hall–Kier alpha value is -1.20. The summed E-state index contributed by atoms with van der Waals surface area (Å²) in [5.74, 6) is 2.01. The van der Waals surface area contributed by atoms with Gasteiger partial charge in [0.15, 0.2) is 0 Å². The monoisotopic (exact) mass is 365 g/mol. The van der Waals surface area contributed by atoms with E-state index in [1.54, 1.807) is 0 Å². The molecule has 1 heterocycles. The average Bonchev–Trinajstić information content (AvgIpc) is 2.64. The van der Waals surface area contributed by atoms with Crippen LogP contribution in [0, 0.1) is 5.41 Å². The highest BCUT2D eigenvalue weighted by Crippen LogP contribution is 2.36. The predicted molar refractivity (Wildman–Crippen MR) is 104 cm³/mol. The number of rotatable bonds is 10. The van der Waals surface area contributed by atoms with Crippen LogP contribution < -0.4 is 4.74 Å². The van der Waals surface area contributed by atoms with Gasteiger partial charge in [0.1, 0.15) is 5.75 Å². The molecule has 0 atom stereocenters. The lowest BCUT2D eigenvalue weighted by Crippen LogP contribution is -2.46. The first-order chi connectivity index (χ1) is 12.2. The molecule has 0 N–H and O–H groups in total. The van der Waals surface area contributed by atoms with Crippen LogP contribution in [-0.2, 0) is 9.53 Å². The third-order valence-corrected chi connectivity index (χ3v) is 5.63. The zero-order chi connectivity index (χ0) is 18.0. The molecule has 2 rings (SSSR count).